The predicted molar refractivity (Wildman–Crippen MR) is 172 cm³/mol. The number of pyridine rings is 1. The van der Waals surface area contributed by atoms with E-state index in [-0.39, 0.29) is 0 Å². The van der Waals surface area contributed by atoms with Crippen molar-refractivity contribution in [3.05, 3.63) is 140 Å². The zero-order valence-electron chi connectivity index (χ0n) is 22.5. The molecule has 0 spiro atoms. The molecule has 3 heterocycles. The summed E-state index contributed by atoms with van der Waals surface area (Å²) in [5, 5.41) is 15.1. The molecule has 0 saturated carbocycles. The van der Waals surface area contributed by atoms with Crippen LogP contribution in [0, 0.1) is 0 Å². The van der Waals surface area contributed by atoms with Gasteiger partial charge in [0.15, 0.2) is 11.5 Å². The lowest BCUT2D eigenvalue weighted by molar-refractivity contribution is 0.670. The molecule has 6 aromatic carbocycles. The van der Waals surface area contributed by atoms with Gasteiger partial charge in [0.2, 0.25) is 0 Å². The molecule has 0 unspecified atom stereocenters. The van der Waals surface area contributed by atoms with Gasteiger partial charge in [-0.05, 0) is 40.3 Å². The maximum absolute atomic E-state index is 6.32. The molecule has 0 N–H and O–H groups in total. The second-order valence-corrected chi connectivity index (χ2v) is 10.7. The third-order valence-electron chi connectivity index (χ3n) is 8.32. The number of hydrogen-bond donors (Lipinski definition) is 0. The van der Waals surface area contributed by atoms with Crippen molar-refractivity contribution in [2.75, 3.05) is 0 Å². The van der Waals surface area contributed by atoms with Gasteiger partial charge in [0.1, 0.15) is 11.2 Å². The van der Waals surface area contributed by atoms with Gasteiger partial charge < -0.3 is 4.42 Å². The highest BCUT2D eigenvalue weighted by molar-refractivity contribution is 6.12. The molecule has 4 heteroatoms. The molecule has 196 valence electrons. The first-order valence-corrected chi connectivity index (χ1v) is 14.1. The number of nitrogens with zero attached hydrogens (tertiary/aromatic N) is 3. The molecule has 0 aliphatic heterocycles. The van der Waals surface area contributed by atoms with Crippen LogP contribution in [-0.2, 0) is 0 Å². The number of para-hydroxylation sites is 3. The lowest BCUT2D eigenvalue weighted by Crippen LogP contribution is -1.94. The first-order chi connectivity index (χ1) is 20.8. The smallest absolute Gasteiger partial charge is 0.169 e. The van der Waals surface area contributed by atoms with E-state index in [2.05, 4.69) is 142 Å². The Kier molecular flexibility index (Phi) is 4.87. The largest absolute Gasteiger partial charge is 0.455 e. The van der Waals surface area contributed by atoms with Gasteiger partial charge in [0.25, 0.3) is 0 Å². The summed E-state index contributed by atoms with van der Waals surface area (Å²) in [7, 11) is 0. The van der Waals surface area contributed by atoms with Crippen molar-refractivity contribution in [2.24, 2.45) is 0 Å². The van der Waals surface area contributed by atoms with E-state index in [9.17, 15) is 0 Å². The summed E-state index contributed by atoms with van der Waals surface area (Å²) in [4.78, 5) is 0. The molecule has 0 aliphatic carbocycles. The molecule has 0 atom stereocenters. The molecule has 9 aromatic rings. The minimum Gasteiger partial charge on any atom is -0.455 e. The number of fused-ring (bicyclic) bond motifs is 9. The molecular weight excluding hydrogens is 514 g/mol. The van der Waals surface area contributed by atoms with Crippen LogP contribution < -0.4 is 0 Å². The quantitative estimate of drug-likeness (QED) is 0.211. The Balaban J connectivity index is 1.15. The molecule has 9 rings (SSSR count). The Morgan fingerprint density at radius 2 is 1.12 bits per heavy atom. The van der Waals surface area contributed by atoms with Gasteiger partial charge in [0, 0.05) is 32.7 Å². The van der Waals surface area contributed by atoms with Crippen LogP contribution in [0.3, 0.4) is 0 Å². The molecule has 0 radical (unpaired) electrons. The zero-order chi connectivity index (χ0) is 27.6. The summed E-state index contributed by atoms with van der Waals surface area (Å²) in [6.45, 7) is 0. The summed E-state index contributed by atoms with van der Waals surface area (Å²) < 4.78 is 8.50. The second kappa shape index (κ2) is 8.88. The Bertz CT molecular complexity index is 2470. The van der Waals surface area contributed by atoms with Crippen molar-refractivity contribution < 1.29 is 4.42 Å². The van der Waals surface area contributed by atoms with Crippen LogP contribution >= 0.6 is 0 Å². The highest BCUT2D eigenvalue weighted by Crippen LogP contribution is 2.37. The van der Waals surface area contributed by atoms with Crippen LogP contribution in [0.4, 0.5) is 0 Å². The minimum absolute atomic E-state index is 0.837. The maximum atomic E-state index is 6.32. The van der Waals surface area contributed by atoms with Crippen molar-refractivity contribution in [2.45, 2.75) is 0 Å². The van der Waals surface area contributed by atoms with Crippen LogP contribution in [0.2, 0.25) is 0 Å². The fourth-order valence-electron chi connectivity index (χ4n) is 6.34. The lowest BCUT2D eigenvalue weighted by Gasteiger charge is -2.10. The van der Waals surface area contributed by atoms with Crippen molar-refractivity contribution in [3.63, 3.8) is 0 Å². The normalized spacial score (nSPS) is 11.8. The fraction of sp³-hybridized carbons (Fsp3) is 0. The Morgan fingerprint density at radius 3 is 2.00 bits per heavy atom. The third kappa shape index (κ3) is 3.36. The number of rotatable bonds is 3. The van der Waals surface area contributed by atoms with Gasteiger partial charge in [0.05, 0.1) is 5.52 Å². The number of benzene rings is 6. The van der Waals surface area contributed by atoms with Gasteiger partial charge in [-0.15, -0.1) is 10.2 Å². The van der Waals surface area contributed by atoms with Crippen molar-refractivity contribution in [1.29, 1.82) is 0 Å². The van der Waals surface area contributed by atoms with Crippen LogP contribution in [0.1, 0.15) is 0 Å². The highest BCUT2D eigenvalue weighted by atomic mass is 16.3. The van der Waals surface area contributed by atoms with Crippen molar-refractivity contribution in [1.82, 2.24) is 14.6 Å². The second-order valence-electron chi connectivity index (χ2n) is 10.7. The summed E-state index contributed by atoms with van der Waals surface area (Å²) in [6, 6.07) is 48.8. The van der Waals surface area contributed by atoms with Gasteiger partial charge in [-0.2, -0.15) is 0 Å². The summed E-state index contributed by atoms with van der Waals surface area (Å²) in [5.41, 5.74) is 9.34. The first-order valence-electron chi connectivity index (χ1n) is 14.1. The monoisotopic (exact) mass is 537 g/mol. The van der Waals surface area contributed by atoms with E-state index in [1.807, 2.05) is 12.1 Å². The molecule has 42 heavy (non-hydrogen) atoms. The zero-order valence-corrected chi connectivity index (χ0v) is 22.5. The van der Waals surface area contributed by atoms with Crippen LogP contribution in [0.15, 0.2) is 144 Å². The molecular formula is C38H23N3O. The summed E-state index contributed by atoms with van der Waals surface area (Å²) >= 11 is 0. The highest BCUT2D eigenvalue weighted by Gasteiger charge is 2.16. The molecule has 3 aromatic heterocycles. The van der Waals surface area contributed by atoms with E-state index in [1.54, 1.807) is 0 Å². The SMILES string of the molecule is c1cc(-c2ccc(-c3nnc4c5ccccc5c5ccccc5n34)cc2)cc(-c2cccc3c2oc2ccccc23)c1. The lowest BCUT2D eigenvalue weighted by atomic mass is 9.97. The maximum Gasteiger partial charge on any atom is 0.169 e. The Labute approximate surface area is 241 Å². The fourth-order valence-corrected chi connectivity index (χ4v) is 6.34. The third-order valence-corrected chi connectivity index (χ3v) is 8.32. The van der Waals surface area contributed by atoms with Gasteiger partial charge >= 0.3 is 0 Å². The van der Waals surface area contributed by atoms with E-state index in [0.29, 0.717) is 0 Å². The average Bonchev–Trinajstić information content (AvgIpc) is 3.68. The van der Waals surface area contributed by atoms with Gasteiger partial charge in [-0.1, -0.05) is 121 Å². The Morgan fingerprint density at radius 1 is 0.452 bits per heavy atom. The first kappa shape index (κ1) is 23.0. The Hall–Kier alpha value is -5.74. The number of hydrogen-bond acceptors (Lipinski definition) is 3. The van der Waals surface area contributed by atoms with E-state index >= 15 is 0 Å². The van der Waals surface area contributed by atoms with Crippen molar-refractivity contribution in [3.8, 4) is 33.6 Å². The summed E-state index contributed by atoms with van der Waals surface area (Å²) in [5.74, 6) is 0.837. The van der Waals surface area contributed by atoms with Crippen LogP contribution in [0.25, 0.3) is 82.9 Å². The molecule has 4 nitrogen and oxygen atoms in total. The van der Waals surface area contributed by atoms with Gasteiger partial charge in [-0.25, -0.2) is 0 Å². The van der Waals surface area contributed by atoms with Crippen molar-refractivity contribution >= 4 is 49.3 Å². The molecule has 0 fully saturated rings. The molecule has 0 amide bonds. The van der Waals surface area contributed by atoms with E-state index in [1.165, 1.54) is 10.8 Å². The van der Waals surface area contributed by atoms with Crippen LogP contribution in [-0.4, -0.2) is 14.6 Å². The minimum atomic E-state index is 0.837. The molecule has 0 aliphatic rings. The van der Waals surface area contributed by atoms with E-state index in [4.69, 9.17) is 4.42 Å². The van der Waals surface area contributed by atoms with Crippen LogP contribution in [0.5, 0.6) is 0 Å². The average molecular weight is 538 g/mol. The predicted octanol–water partition coefficient (Wildman–Crippen LogP) is 9.94. The molecule has 0 saturated heterocycles. The standard InChI is InChI=1S/C38H23N3O/c1-2-14-33-29(11-1)30-12-3-5-17-34(30)41-37(39-40-38(33)41)25-21-19-24(20-22-25)26-9-7-10-27(23-26)28-15-8-16-32-31-13-4-6-18-35(31)42-36(28)32/h1-23H. The topological polar surface area (TPSA) is 43.3 Å². The van der Waals surface area contributed by atoms with E-state index < -0.39 is 0 Å². The van der Waals surface area contributed by atoms with Gasteiger partial charge in [-0.3, -0.25) is 4.40 Å². The molecule has 0 bridgehead atoms. The summed E-state index contributed by atoms with van der Waals surface area (Å²) in [6.07, 6.45) is 0. The number of furan rings is 1. The number of aromatic nitrogens is 3. The van der Waals surface area contributed by atoms with E-state index in [0.717, 1.165) is 72.1 Å².